The Kier molecular flexibility index (Phi) is 6.76. The van der Waals surface area contributed by atoms with Crippen molar-refractivity contribution >= 4 is 11.8 Å². The van der Waals surface area contributed by atoms with Gasteiger partial charge in [-0.2, -0.15) is 0 Å². The average molecular weight is 251 g/mol. The summed E-state index contributed by atoms with van der Waals surface area (Å²) in [7, 11) is 1.96. The summed E-state index contributed by atoms with van der Waals surface area (Å²) in [6.45, 7) is 0. The van der Waals surface area contributed by atoms with Gasteiger partial charge >= 0.3 is 0 Å². The minimum Gasteiger partial charge on any atom is -0.316 e. The molecule has 0 aromatic heterocycles. The molecule has 0 heterocycles. The van der Waals surface area contributed by atoms with Gasteiger partial charge in [0.2, 0.25) is 0 Å². The topological polar surface area (TPSA) is 12.0 Å². The molecule has 3 heteroatoms. The minimum absolute atomic E-state index is 0.187. The van der Waals surface area contributed by atoms with Gasteiger partial charge in [0.1, 0.15) is 5.82 Å². The zero-order chi connectivity index (χ0) is 12.5. The van der Waals surface area contributed by atoms with Crippen LogP contribution in [0.15, 0.2) is 29.2 Å². The number of hydrogen-bond acceptors (Lipinski definition) is 2. The number of halogens is 1. The molecule has 1 aromatic carbocycles. The first-order valence-electron chi connectivity index (χ1n) is 5.75. The molecule has 1 nitrogen and oxygen atoms in total. The standard InChI is InChI=1S/C14H18FNS/c1-3-4-5-6-13(16-2)11-17-14-9-7-12(15)8-10-14/h1,7-10,13,16H,4-6,11H2,2H3. The van der Waals surface area contributed by atoms with Crippen molar-refractivity contribution in [3.63, 3.8) is 0 Å². The summed E-state index contributed by atoms with van der Waals surface area (Å²) in [5.41, 5.74) is 0. The average Bonchev–Trinajstić information content (AvgIpc) is 2.35. The maximum Gasteiger partial charge on any atom is 0.123 e. The fourth-order valence-electron chi connectivity index (χ4n) is 1.49. The zero-order valence-electron chi connectivity index (χ0n) is 10.1. The van der Waals surface area contributed by atoms with Crippen LogP contribution >= 0.6 is 11.8 Å². The third-order valence-corrected chi connectivity index (χ3v) is 3.72. The van der Waals surface area contributed by atoms with E-state index in [-0.39, 0.29) is 5.82 Å². The van der Waals surface area contributed by atoms with Crippen LogP contribution in [0.4, 0.5) is 4.39 Å². The Morgan fingerprint density at radius 1 is 1.41 bits per heavy atom. The summed E-state index contributed by atoms with van der Waals surface area (Å²) in [6, 6.07) is 7.07. The van der Waals surface area contributed by atoms with Gasteiger partial charge in [0.05, 0.1) is 0 Å². The summed E-state index contributed by atoms with van der Waals surface area (Å²) in [5.74, 6) is 3.44. The van der Waals surface area contributed by atoms with Crippen LogP contribution in [0.2, 0.25) is 0 Å². The van der Waals surface area contributed by atoms with E-state index in [1.165, 1.54) is 12.1 Å². The lowest BCUT2D eigenvalue weighted by molar-refractivity contribution is 0.554. The van der Waals surface area contributed by atoms with Crippen molar-refractivity contribution in [1.82, 2.24) is 5.32 Å². The monoisotopic (exact) mass is 251 g/mol. The highest BCUT2D eigenvalue weighted by atomic mass is 32.2. The molecule has 0 fully saturated rings. The van der Waals surface area contributed by atoms with E-state index in [9.17, 15) is 4.39 Å². The highest BCUT2D eigenvalue weighted by Gasteiger charge is 2.06. The number of terminal acetylenes is 1. The Hall–Kier alpha value is -0.980. The number of benzene rings is 1. The summed E-state index contributed by atoms with van der Waals surface area (Å²) in [6.07, 6.45) is 8.18. The number of unbranched alkanes of at least 4 members (excludes halogenated alkanes) is 1. The van der Waals surface area contributed by atoms with Crippen LogP contribution in [0.25, 0.3) is 0 Å². The quantitative estimate of drug-likeness (QED) is 0.453. The summed E-state index contributed by atoms with van der Waals surface area (Å²) < 4.78 is 12.7. The molecule has 1 N–H and O–H groups in total. The highest BCUT2D eigenvalue weighted by molar-refractivity contribution is 7.99. The second-order valence-corrected chi connectivity index (χ2v) is 4.94. The third-order valence-electron chi connectivity index (χ3n) is 2.55. The van der Waals surface area contributed by atoms with Crippen molar-refractivity contribution in [2.45, 2.75) is 30.2 Å². The Balaban J connectivity index is 2.32. The van der Waals surface area contributed by atoms with Crippen LogP contribution < -0.4 is 5.32 Å². The van der Waals surface area contributed by atoms with Crippen molar-refractivity contribution in [3.05, 3.63) is 30.1 Å². The Labute approximate surface area is 107 Å². The van der Waals surface area contributed by atoms with E-state index in [1.54, 1.807) is 11.8 Å². The molecule has 0 spiro atoms. The highest BCUT2D eigenvalue weighted by Crippen LogP contribution is 2.20. The van der Waals surface area contributed by atoms with E-state index in [4.69, 9.17) is 6.42 Å². The fourth-order valence-corrected chi connectivity index (χ4v) is 2.54. The first kappa shape index (κ1) is 14.1. The molecule has 92 valence electrons. The van der Waals surface area contributed by atoms with Gasteiger partial charge < -0.3 is 5.32 Å². The van der Waals surface area contributed by atoms with Crippen LogP contribution in [0.5, 0.6) is 0 Å². The van der Waals surface area contributed by atoms with E-state index >= 15 is 0 Å². The molecule has 0 saturated carbocycles. The molecule has 0 aliphatic heterocycles. The van der Waals surface area contributed by atoms with E-state index < -0.39 is 0 Å². The molecule has 17 heavy (non-hydrogen) atoms. The van der Waals surface area contributed by atoms with Gasteiger partial charge in [-0.25, -0.2) is 4.39 Å². The van der Waals surface area contributed by atoms with Crippen LogP contribution in [-0.2, 0) is 0 Å². The summed E-state index contributed by atoms with van der Waals surface area (Å²) >= 11 is 1.74. The molecule has 0 bridgehead atoms. The van der Waals surface area contributed by atoms with E-state index in [0.717, 1.165) is 29.9 Å². The van der Waals surface area contributed by atoms with Gasteiger partial charge in [-0.1, -0.05) is 0 Å². The van der Waals surface area contributed by atoms with Gasteiger partial charge in [-0.15, -0.1) is 24.1 Å². The predicted octanol–water partition coefficient (Wildman–Crippen LogP) is 3.31. The normalized spacial score (nSPS) is 12.1. The summed E-state index contributed by atoms with van der Waals surface area (Å²) in [5, 5.41) is 3.28. The Morgan fingerprint density at radius 3 is 2.71 bits per heavy atom. The smallest absolute Gasteiger partial charge is 0.123 e. The van der Waals surface area contributed by atoms with Crippen molar-refractivity contribution in [1.29, 1.82) is 0 Å². The van der Waals surface area contributed by atoms with E-state index in [0.29, 0.717) is 6.04 Å². The zero-order valence-corrected chi connectivity index (χ0v) is 10.9. The number of nitrogens with one attached hydrogen (secondary N) is 1. The maximum atomic E-state index is 12.7. The van der Waals surface area contributed by atoms with E-state index in [2.05, 4.69) is 11.2 Å². The number of hydrogen-bond donors (Lipinski definition) is 1. The number of thioether (sulfide) groups is 1. The van der Waals surface area contributed by atoms with Crippen LogP contribution in [0.3, 0.4) is 0 Å². The predicted molar refractivity (Wildman–Crippen MR) is 72.7 cm³/mol. The van der Waals surface area contributed by atoms with Crippen molar-refractivity contribution in [2.75, 3.05) is 12.8 Å². The van der Waals surface area contributed by atoms with Crippen LogP contribution in [0, 0.1) is 18.2 Å². The molecule has 0 amide bonds. The lowest BCUT2D eigenvalue weighted by Gasteiger charge is -2.14. The van der Waals surface area contributed by atoms with Crippen molar-refractivity contribution < 1.29 is 4.39 Å². The second-order valence-electron chi connectivity index (χ2n) is 3.85. The molecule has 1 unspecified atom stereocenters. The third kappa shape index (κ3) is 5.76. The molecule has 1 atom stereocenters. The van der Waals surface area contributed by atoms with Crippen molar-refractivity contribution in [3.8, 4) is 12.3 Å². The second kappa shape index (κ2) is 8.16. The number of rotatable bonds is 7. The lowest BCUT2D eigenvalue weighted by atomic mass is 10.1. The molecule has 1 rings (SSSR count). The Morgan fingerprint density at radius 2 is 2.12 bits per heavy atom. The van der Waals surface area contributed by atoms with Crippen LogP contribution in [-0.4, -0.2) is 18.8 Å². The molecular formula is C14H18FNS. The fraction of sp³-hybridized carbons (Fsp3) is 0.429. The lowest BCUT2D eigenvalue weighted by Crippen LogP contribution is -2.27. The van der Waals surface area contributed by atoms with Gasteiger partial charge in [0, 0.05) is 23.1 Å². The molecule has 0 aliphatic carbocycles. The molecule has 0 saturated heterocycles. The summed E-state index contributed by atoms with van der Waals surface area (Å²) in [4.78, 5) is 1.10. The Bertz CT molecular complexity index is 355. The van der Waals surface area contributed by atoms with Crippen molar-refractivity contribution in [2.24, 2.45) is 0 Å². The van der Waals surface area contributed by atoms with Gasteiger partial charge in [0.25, 0.3) is 0 Å². The van der Waals surface area contributed by atoms with Gasteiger partial charge in [-0.05, 0) is 44.2 Å². The maximum absolute atomic E-state index is 12.7. The molecule has 0 aliphatic rings. The van der Waals surface area contributed by atoms with Crippen LogP contribution in [0.1, 0.15) is 19.3 Å². The molecule has 1 aromatic rings. The van der Waals surface area contributed by atoms with Gasteiger partial charge in [-0.3, -0.25) is 0 Å². The minimum atomic E-state index is -0.187. The molecular weight excluding hydrogens is 233 g/mol. The SMILES string of the molecule is C#CCCCC(CSc1ccc(F)cc1)NC. The largest absolute Gasteiger partial charge is 0.316 e. The molecule has 0 radical (unpaired) electrons. The van der Waals surface area contributed by atoms with Gasteiger partial charge in [0.15, 0.2) is 0 Å². The first-order chi connectivity index (χ1) is 8.26. The first-order valence-corrected chi connectivity index (χ1v) is 6.74. The van der Waals surface area contributed by atoms with E-state index in [1.807, 2.05) is 19.2 Å².